The molecule has 98 valence electrons. The monoisotopic (exact) mass is 311 g/mol. The minimum Gasteiger partial charge on any atom is -0.477 e. The van der Waals surface area contributed by atoms with Gasteiger partial charge in [-0.1, -0.05) is 19.9 Å². The topological polar surface area (TPSA) is 29.5 Å². The van der Waals surface area contributed by atoms with E-state index in [2.05, 4.69) is 22.0 Å². The van der Waals surface area contributed by atoms with Crippen LogP contribution in [0.2, 0.25) is 0 Å². The van der Waals surface area contributed by atoms with Crippen molar-refractivity contribution in [2.45, 2.75) is 33.8 Å². The van der Waals surface area contributed by atoms with Crippen molar-refractivity contribution < 1.29 is 9.53 Å². The number of carbonyl (C=O) groups excluding carboxylic acids is 1. The van der Waals surface area contributed by atoms with Gasteiger partial charge in [-0.25, -0.2) is 0 Å². The van der Waals surface area contributed by atoms with E-state index < -0.39 is 6.10 Å². The zero-order chi connectivity index (χ0) is 13.6. The van der Waals surface area contributed by atoms with Gasteiger partial charge in [-0.3, -0.25) is 4.79 Å². The molecule has 1 aliphatic rings. The van der Waals surface area contributed by atoms with Gasteiger partial charge in [-0.15, -0.1) is 0 Å². The largest absolute Gasteiger partial charge is 0.477 e. The zero-order valence-corrected chi connectivity index (χ0v) is 13.0. The van der Waals surface area contributed by atoms with Crippen molar-refractivity contribution in [1.82, 2.24) is 0 Å². The number of hydrogen-bond acceptors (Lipinski definition) is 2. The fourth-order valence-corrected chi connectivity index (χ4v) is 2.74. The number of aryl methyl sites for hydroxylation is 2. The summed E-state index contributed by atoms with van der Waals surface area (Å²) in [5.41, 5.74) is 3.05. The number of halogens is 1. The maximum Gasteiger partial charge on any atom is 0.268 e. The van der Waals surface area contributed by atoms with Crippen molar-refractivity contribution in [3.63, 3.8) is 0 Å². The lowest BCUT2D eigenvalue weighted by Crippen LogP contribution is -2.46. The van der Waals surface area contributed by atoms with Crippen LogP contribution in [-0.2, 0) is 4.79 Å². The molecule has 0 saturated carbocycles. The third kappa shape index (κ3) is 1.92. The Morgan fingerprint density at radius 2 is 1.94 bits per heavy atom. The summed E-state index contributed by atoms with van der Waals surface area (Å²) in [7, 11) is 1.81. The van der Waals surface area contributed by atoms with Gasteiger partial charge in [0.2, 0.25) is 0 Å². The smallest absolute Gasteiger partial charge is 0.268 e. The Labute approximate surface area is 116 Å². The van der Waals surface area contributed by atoms with E-state index in [1.54, 1.807) is 4.90 Å². The fourth-order valence-electron chi connectivity index (χ4n) is 2.34. The van der Waals surface area contributed by atoms with E-state index in [0.29, 0.717) is 0 Å². The molecule has 1 unspecified atom stereocenters. The average molecular weight is 312 g/mol. The van der Waals surface area contributed by atoms with Crippen LogP contribution < -0.4 is 9.64 Å². The first-order valence-corrected chi connectivity index (χ1v) is 6.87. The summed E-state index contributed by atoms with van der Waals surface area (Å²) in [4.78, 5) is 14.0. The minimum atomic E-state index is -0.403. The molecule has 0 bridgehead atoms. The number of rotatable bonds is 1. The van der Waals surface area contributed by atoms with Gasteiger partial charge in [0.05, 0.1) is 10.2 Å². The number of hydrogen-bond donors (Lipinski definition) is 0. The van der Waals surface area contributed by atoms with E-state index in [-0.39, 0.29) is 11.8 Å². The second-order valence-corrected chi connectivity index (χ2v) is 5.97. The minimum absolute atomic E-state index is 0.0244. The zero-order valence-electron chi connectivity index (χ0n) is 11.4. The summed E-state index contributed by atoms with van der Waals surface area (Å²) in [6.45, 7) is 8.03. The molecule has 1 aliphatic heterocycles. The molecule has 0 spiro atoms. The average Bonchev–Trinajstić information content (AvgIpc) is 2.29. The van der Waals surface area contributed by atoms with Crippen LogP contribution >= 0.6 is 15.9 Å². The van der Waals surface area contributed by atoms with Crippen LogP contribution in [0.15, 0.2) is 10.5 Å². The molecule has 0 radical (unpaired) electrons. The van der Waals surface area contributed by atoms with Crippen LogP contribution in [0.4, 0.5) is 5.69 Å². The molecule has 1 atom stereocenters. The predicted molar refractivity (Wildman–Crippen MR) is 76.3 cm³/mol. The normalized spacial score (nSPS) is 18.9. The molecular weight excluding hydrogens is 294 g/mol. The van der Waals surface area contributed by atoms with Crippen LogP contribution in [0, 0.1) is 19.8 Å². The first kappa shape index (κ1) is 13.4. The summed E-state index contributed by atoms with van der Waals surface area (Å²) in [5, 5.41) is 0. The van der Waals surface area contributed by atoms with Crippen LogP contribution in [0.1, 0.15) is 25.0 Å². The second-order valence-electron chi connectivity index (χ2n) is 5.18. The molecule has 0 N–H and O–H groups in total. The summed E-state index contributed by atoms with van der Waals surface area (Å²) >= 11 is 3.56. The standard InChI is InChI=1S/C14H18BrNO2/c1-7(2)12-14(17)16(5)11-9(4)6-8(3)10(15)13(11)18-12/h6-7,12H,1-5H3. The molecule has 3 nitrogen and oxygen atoms in total. The van der Waals surface area contributed by atoms with Crippen molar-refractivity contribution in [2.75, 3.05) is 11.9 Å². The number of anilines is 1. The maximum absolute atomic E-state index is 12.3. The quantitative estimate of drug-likeness (QED) is 0.795. The van der Waals surface area contributed by atoms with E-state index in [1.807, 2.05) is 34.7 Å². The van der Waals surface area contributed by atoms with E-state index in [0.717, 1.165) is 27.0 Å². The molecule has 0 saturated heterocycles. The van der Waals surface area contributed by atoms with Gasteiger partial charge in [0, 0.05) is 7.05 Å². The highest BCUT2D eigenvalue weighted by Gasteiger charge is 2.36. The lowest BCUT2D eigenvalue weighted by Gasteiger charge is -2.35. The lowest BCUT2D eigenvalue weighted by molar-refractivity contribution is -0.127. The number of amides is 1. The molecule has 1 aromatic carbocycles. The molecule has 0 aromatic heterocycles. The Bertz CT molecular complexity index is 511. The number of ether oxygens (including phenoxy) is 1. The third-order valence-electron chi connectivity index (χ3n) is 3.33. The highest BCUT2D eigenvalue weighted by molar-refractivity contribution is 9.10. The van der Waals surface area contributed by atoms with Gasteiger partial charge >= 0.3 is 0 Å². The Hall–Kier alpha value is -1.03. The van der Waals surface area contributed by atoms with Crippen LogP contribution in [0.25, 0.3) is 0 Å². The Balaban J connectivity index is 2.62. The van der Waals surface area contributed by atoms with Crippen LogP contribution in [0.3, 0.4) is 0 Å². The molecule has 2 rings (SSSR count). The summed E-state index contributed by atoms with van der Waals surface area (Å²) in [5.74, 6) is 0.963. The number of fused-ring (bicyclic) bond motifs is 1. The Morgan fingerprint density at radius 3 is 2.50 bits per heavy atom. The van der Waals surface area contributed by atoms with Crippen molar-refractivity contribution in [1.29, 1.82) is 0 Å². The molecule has 0 aliphatic carbocycles. The summed E-state index contributed by atoms with van der Waals surface area (Å²) in [6.07, 6.45) is -0.403. The van der Waals surface area contributed by atoms with Gasteiger partial charge in [0.15, 0.2) is 11.9 Å². The second kappa shape index (κ2) is 4.57. The molecule has 0 fully saturated rings. The van der Waals surface area contributed by atoms with Crippen molar-refractivity contribution in [2.24, 2.45) is 5.92 Å². The van der Waals surface area contributed by atoms with Crippen LogP contribution in [0.5, 0.6) is 5.75 Å². The molecule has 4 heteroatoms. The van der Waals surface area contributed by atoms with Crippen molar-refractivity contribution >= 4 is 27.5 Å². The van der Waals surface area contributed by atoms with Gasteiger partial charge in [0.25, 0.3) is 5.91 Å². The van der Waals surface area contributed by atoms with Crippen molar-refractivity contribution in [3.05, 3.63) is 21.7 Å². The number of carbonyl (C=O) groups is 1. The maximum atomic E-state index is 12.3. The first-order chi connectivity index (χ1) is 8.34. The Morgan fingerprint density at radius 1 is 1.33 bits per heavy atom. The van der Waals surface area contributed by atoms with Gasteiger partial charge in [-0.05, 0) is 46.8 Å². The highest BCUT2D eigenvalue weighted by Crippen LogP contribution is 2.44. The van der Waals surface area contributed by atoms with Crippen LogP contribution in [-0.4, -0.2) is 19.1 Å². The van der Waals surface area contributed by atoms with E-state index in [1.165, 1.54) is 0 Å². The molecule has 1 heterocycles. The Kier molecular flexibility index (Phi) is 3.41. The number of likely N-dealkylation sites (N-methyl/N-ethyl adjacent to an activating group) is 1. The van der Waals surface area contributed by atoms with Gasteiger partial charge in [-0.2, -0.15) is 0 Å². The fraction of sp³-hybridized carbons (Fsp3) is 0.500. The van der Waals surface area contributed by atoms with E-state index >= 15 is 0 Å². The molecule has 1 aromatic rings. The lowest BCUT2D eigenvalue weighted by atomic mass is 10.0. The number of nitrogens with zero attached hydrogens (tertiary/aromatic N) is 1. The van der Waals surface area contributed by atoms with E-state index in [9.17, 15) is 4.79 Å². The SMILES string of the molecule is Cc1cc(C)c2c(c1Br)OC(C(C)C)C(=O)N2C. The van der Waals surface area contributed by atoms with Crippen molar-refractivity contribution in [3.8, 4) is 5.75 Å². The molecule has 1 amide bonds. The third-order valence-corrected chi connectivity index (χ3v) is 4.31. The van der Waals surface area contributed by atoms with E-state index in [4.69, 9.17) is 4.74 Å². The summed E-state index contributed by atoms with van der Waals surface area (Å²) < 4.78 is 6.87. The first-order valence-electron chi connectivity index (χ1n) is 6.08. The molecule has 18 heavy (non-hydrogen) atoms. The predicted octanol–water partition coefficient (Wildman–Crippen LogP) is 3.45. The van der Waals surface area contributed by atoms with Gasteiger partial charge in [0.1, 0.15) is 0 Å². The molecular formula is C14H18BrNO2. The van der Waals surface area contributed by atoms with Gasteiger partial charge < -0.3 is 9.64 Å². The summed E-state index contributed by atoms with van der Waals surface area (Å²) in [6, 6.07) is 2.06. The highest BCUT2D eigenvalue weighted by atomic mass is 79.9. The number of benzene rings is 1.